The minimum absolute atomic E-state index is 0.0762. The van der Waals surface area contributed by atoms with Gasteiger partial charge in [-0.25, -0.2) is 4.39 Å². The molecule has 0 aliphatic rings. The highest BCUT2D eigenvalue weighted by molar-refractivity contribution is 6.39. The van der Waals surface area contributed by atoms with Gasteiger partial charge in [-0.3, -0.25) is 14.6 Å². The lowest BCUT2D eigenvalue weighted by Crippen LogP contribution is -2.36. The molecule has 0 aliphatic carbocycles. The first kappa shape index (κ1) is 25.7. The number of rotatable bonds is 8. The van der Waals surface area contributed by atoms with Gasteiger partial charge in [0.05, 0.1) is 14.2 Å². The predicted molar refractivity (Wildman–Crippen MR) is 138 cm³/mol. The third-order valence-electron chi connectivity index (χ3n) is 5.44. The predicted octanol–water partition coefficient (Wildman–Crippen LogP) is 5.13. The molecular weight excluding hydrogens is 501 g/mol. The Bertz CT molecular complexity index is 1450. The number of aromatic nitrogens is 1. The molecule has 0 saturated carbocycles. The van der Waals surface area contributed by atoms with Crippen LogP contribution in [0.3, 0.4) is 0 Å². The molecule has 4 rings (SSSR count). The van der Waals surface area contributed by atoms with Gasteiger partial charge in [-0.05, 0) is 54.4 Å². The van der Waals surface area contributed by atoms with Crippen molar-refractivity contribution in [3.05, 3.63) is 83.3 Å². The highest BCUT2D eigenvalue weighted by atomic mass is 35.5. The van der Waals surface area contributed by atoms with Crippen molar-refractivity contribution in [3.63, 3.8) is 0 Å². The lowest BCUT2D eigenvalue weighted by molar-refractivity contribution is -0.136. The summed E-state index contributed by atoms with van der Waals surface area (Å²) in [6.07, 6.45) is 2.04. The number of fused-ring (bicyclic) bond motifs is 1. The van der Waals surface area contributed by atoms with Gasteiger partial charge < -0.3 is 24.8 Å². The zero-order chi connectivity index (χ0) is 26.4. The second-order valence-electron chi connectivity index (χ2n) is 7.84. The molecule has 0 spiro atoms. The molecule has 10 heteroatoms. The number of hydrogen-bond acceptors (Lipinski definition) is 6. The van der Waals surface area contributed by atoms with Crippen LogP contribution in [0.15, 0.2) is 66.9 Å². The molecule has 0 fully saturated rings. The van der Waals surface area contributed by atoms with Crippen molar-refractivity contribution < 1.29 is 28.2 Å². The van der Waals surface area contributed by atoms with Crippen LogP contribution in [-0.4, -0.2) is 37.6 Å². The molecule has 1 aromatic heterocycles. The Labute approximate surface area is 217 Å². The molecular formula is C27H23ClFN3O5. The Balaban J connectivity index is 1.40. The van der Waals surface area contributed by atoms with Gasteiger partial charge in [0.2, 0.25) is 0 Å². The fraction of sp³-hybridized carbons (Fsp3) is 0.148. The smallest absolute Gasteiger partial charge is 0.313 e. The number of carbonyl (C=O) groups excluding carboxylic acids is 2. The molecule has 0 saturated heterocycles. The average Bonchev–Trinajstić information content (AvgIpc) is 2.90. The number of amides is 2. The zero-order valence-corrected chi connectivity index (χ0v) is 20.8. The lowest BCUT2D eigenvalue weighted by Gasteiger charge is -2.14. The van der Waals surface area contributed by atoms with Crippen LogP contribution in [-0.2, 0) is 16.0 Å². The highest BCUT2D eigenvalue weighted by Gasteiger charge is 2.17. The minimum atomic E-state index is -0.912. The van der Waals surface area contributed by atoms with E-state index in [1.165, 1.54) is 32.5 Å². The largest absolute Gasteiger partial charge is 0.493 e. The third kappa shape index (κ3) is 6.07. The molecule has 0 bridgehead atoms. The van der Waals surface area contributed by atoms with Crippen LogP contribution < -0.4 is 24.8 Å². The summed E-state index contributed by atoms with van der Waals surface area (Å²) in [7, 11) is 3.02. The van der Waals surface area contributed by atoms with E-state index in [0.29, 0.717) is 39.6 Å². The fourth-order valence-corrected chi connectivity index (χ4v) is 3.74. The first-order valence-electron chi connectivity index (χ1n) is 11.2. The second-order valence-corrected chi connectivity index (χ2v) is 8.28. The third-order valence-corrected chi connectivity index (χ3v) is 5.69. The SMILES string of the molecule is COc1ccc2c(Oc3ccc(NC(=O)C(=O)NCCc4ccc(Cl)cc4)cc3F)ccnc2c1OC. The standard InChI is InChI=1S/C27H23ClFN3O5/c1-35-23-10-8-19-21(12-14-30-24(19)25(23)36-2)37-22-9-7-18(15-20(22)29)32-27(34)26(33)31-13-11-16-3-5-17(28)6-4-16/h3-10,12,14-15H,11,13H2,1-2H3,(H,31,33)(H,32,34). The normalized spacial score (nSPS) is 10.6. The number of pyridine rings is 1. The van der Waals surface area contributed by atoms with Crippen molar-refractivity contribution in [1.82, 2.24) is 10.3 Å². The molecule has 0 aliphatic heterocycles. The summed E-state index contributed by atoms with van der Waals surface area (Å²) < 4.78 is 31.3. The van der Waals surface area contributed by atoms with E-state index in [4.69, 9.17) is 25.8 Å². The summed E-state index contributed by atoms with van der Waals surface area (Å²) in [6.45, 7) is 0.256. The molecule has 0 radical (unpaired) electrons. The topological polar surface area (TPSA) is 98.8 Å². The van der Waals surface area contributed by atoms with E-state index in [-0.39, 0.29) is 18.0 Å². The van der Waals surface area contributed by atoms with Crippen LogP contribution >= 0.6 is 11.6 Å². The molecule has 2 amide bonds. The van der Waals surface area contributed by atoms with Crippen LogP contribution in [0.1, 0.15) is 5.56 Å². The molecule has 37 heavy (non-hydrogen) atoms. The van der Waals surface area contributed by atoms with E-state index < -0.39 is 17.6 Å². The van der Waals surface area contributed by atoms with Crippen LogP contribution in [0.5, 0.6) is 23.0 Å². The molecule has 0 atom stereocenters. The Hall–Kier alpha value is -4.37. The maximum Gasteiger partial charge on any atom is 0.313 e. The quantitative estimate of drug-likeness (QED) is 0.310. The van der Waals surface area contributed by atoms with Gasteiger partial charge in [-0.15, -0.1) is 0 Å². The van der Waals surface area contributed by atoms with E-state index in [1.54, 1.807) is 30.3 Å². The maximum atomic E-state index is 14.8. The number of hydrogen-bond donors (Lipinski definition) is 2. The van der Waals surface area contributed by atoms with Gasteiger partial charge in [0.25, 0.3) is 0 Å². The maximum absolute atomic E-state index is 14.8. The van der Waals surface area contributed by atoms with Crippen LogP contribution in [0, 0.1) is 5.82 Å². The molecule has 8 nitrogen and oxygen atoms in total. The minimum Gasteiger partial charge on any atom is -0.493 e. The number of carbonyl (C=O) groups is 2. The summed E-state index contributed by atoms with van der Waals surface area (Å²) in [5.41, 5.74) is 1.56. The summed E-state index contributed by atoms with van der Waals surface area (Å²) in [4.78, 5) is 28.7. The fourth-order valence-electron chi connectivity index (χ4n) is 3.62. The van der Waals surface area contributed by atoms with Crippen molar-refractivity contribution in [3.8, 4) is 23.0 Å². The van der Waals surface area contributed by atoms with Gasteiger partial charge in [0, 0.05) is 34.9 Å². The Kier molecular flexibility index (Phi) is 8.05. The monoisotopic (exact) mass is 523 g/mol. The van der Waals surface area contributed by atoms with E-state index in [2.05, 4.69) is 15.6 Å². The van der Waals surface area contributed by atoms with Crippen LogP contribution in [0.4, 0.5) is 10.1 Å². The first-order chi connectivity index (χ1) is 17.9. The van der Waals surface area contributed by atoms with Gasteiger partial charge in [-0.1, -0.05) is 23.7 Å². The highest BCUT2D eigenvalue weighted by Crippen LogP contribution is 2.39. The van der Waals surface area contributed by atoms with E-state index in [0.717, 1.165) is 11.6 Å². The molecule has 4 aromatic rings. The van der Waals surface area contributed by atoms with Crippen molar-refractivity contribution in [2.45, 2.75) is 6.42 Å². The van der Waals surface area contributed by atoms with E-state index in [1.807, 2.05) is 12.1 Å². The van der Waals surface area contributed by atoms with Crippen molar-refractivity contribution in [1.29, 1.82) is 0 Å². The van der Waals surface area contributed by atoms with Crippen molar-refractivity contribution >= 4 is 40.0 Å². The molecule has 2 N–H and O–H groups in total. The molecule has 3 aromatic carbocycles. The lowest BCUT2D eigenvalue weighted by atomic mass is 10.1. The summed E-state index contributed by atoms with van der Waals surface area (Å²) in [5, 5.41) is 6.12. The van der Waals surface area contributed by atoms with Gasteiger partial charge in [0.15, 0.2) is 23.1 Å². The van der Waals surface area contributed by atoms with E-state index in [9.17, 15) is 14.0 Å². The number of nitrogens with zero attached hydrogens (tertiary/aromatic N) is 1. The second kappa shape index (κ2) is 11.6. The number of halogens is 2. The molecule has 0 unspecified atom stereocenters. The van der Waals surface area contributed by atoms with E-state index >= 15 is 0 Å². The summed E-state index contributed by atoms with van der Waals surface area (Å²) in [6, 6.07) is 16.1. The Morgan fingerprint density at radius 3 is 2.38 bits per heavy atom. The number of ether oxygens (including phenoxy) is 3. The number of methoxy groups -OCH3 is 2. The van der Waals surface area contributed by atoms with Gasteiger partial charge in [-0.2, -0.15) is 0 Å². The summed E-state index contributed by atoms with van der Waals surface area (Å²) in [5.74, 6) is -1.27. The molecule has 190 valence electrons. The summed E-state index contributed by atoms with van der Waals surface area (Å²) >= 11 is 5.85. The van der Waals surface area contributed by atoms with Crippen LogP contribution in [0.25, 0.3) is 10.9 Å². The first-order valence-corrected chi connectivity index (χ1v) is 11.6. The Morgan fingerprint density at radius 1 is 0.919 bits per heavy atom. The average molecular weight is 524 g/mol. The Morgan fingerprint density at radius 2 is 1.68 bits per heavy atom. The number of anilines is 1. The number of benzene rings is 3. The zero-order valence-electron chi connectivity index (χ0n) is 20.0. The molecule has 1 heterocycles. The van der Waals surface area contributed by atoms with Gasteiger partial charge in [0.1, 0.15) is 11.3 Å². The van der Waals surface area contributed by atoms with Crippen molar-refractivity contribution in [2.75, 3.05) is 26.1 Å². The van der Waals surface area contributed by atoms with Crippen LogP contribution in [0.2, 0.25) is 5.02 Å². The number of nitrogens with one attached hydrogen (secondary N) is 2. The van der Waals surface area contributed by atoms with Crippen molar-refractivity contribution in [2.24, 2.45) is 0 Å². The van der Waals surface area contributed by atoms with Gasteiger partial charge >= 0.3 is 11.8 Å².